The predicted octanol–water partition coefficient (Wildman–Crippen LogP) is 2.91. The molecule has 0 saturated heterocycles. The third-order valence-corrected chi connectivity index (χ3v) is 2.72. The van der Waals surface area contributed by atoms with Gasteiger partial charge in [0.25, 0.3) is 0 Å². The molecule has 1 aromatic heterocycles. The van der Waals surface area contributed by atoms with Crippen molar-refractivity contribution in [2.24, 2.45) is 0 Å². The largest absolute Gasteiger partial charge is 0.503 e. The number of rotatable bonds is 3. The number of aromatic hydroxyl groups is 1. The van der Waals surface area contributed by atoms with Gasteiger partial charge in [-0.25, -0.2) is 0 Å². The zero-order chi connectivity index (χ0) is 12.4. The van der Waals surface area contributed by atoms with Crippen LogP contribution < -0.4 is 4.74 Å². The van der Waals surface area contributed by atoms with E-state index >= 15 is 0 Å². The second-order valence-electron chi connectivity index (χ2n) is 3.37. The minimum Gasteiger partial charge on any atom is -0.503 e. The van der Waals surface area contributed by atoms with Crippen LogP contribution >= 0.6 is 15.9 Å². The molecular formula is C11H11BrN2O3. The average molecular weight is 299 g/mol. The van der Waals surface area contributed by atoms with Crippen LogP contribution in [0.5, 0.6) is 11.5 Å². The summed E-state index contributed by atoms with van der Waals surface area (Å²) in [6.45, 7) is 4.03. The van der Waals surface area contributed by atoms with Gasteiger partial charge in [0.1, 0.15) is 0 Å². The Labute approximate surface area is 107 Å². The van der Waals surface area contributed by atoms with Crippen LogP contribution in [-0.2, 0) is 0 Å². The Bertz CT molecular complexity index is 540. The van der Waals surface area contributed by atoms with Crippen molar-refractivity contribution in [3.8, 4) is 22.9 Å². The van der Waals surface area contributed by atoms with Gasteiger partial charge in [0, 0.05) is 12.5 Å². The molecular weight excluding hydrogens is 288 g/mol. The lowest BCUT2D eigenvalue weighted by atomic mass is 10.2. The van der Waals surface area contributed by atoms with Crippen LogP contribution in [0.25, 0.3) is 11.4 Å². The quantitative estimate of drug-likeness (QED) is 0.943. The van der Waals surface area contributed by atoms with Crippen LogP contribution in [0.2, 0.25) is 0 Å². The highest BCUT2D eigenvalue weighted by molar-refractivity contribution is 9.10. The van der Waals surface area contributed by atoms with Crippen LogP contribution in [0, 0.1) is 6.92 Å². The second kappa shape index (κ2) is 4.75. The van der Waals surface area contributed by atoms with Gasteiger partial charge in [0.15, 0.2) is 11.5 Å². The molecule has 1 N–H and O–H groups in total. The van der Waals surface area contributed by atoms with E-state index in [0.717, 1.165) is 5.56 Å². The summed E-state index contributed by atoms with van der Waals surface area (Å²) in [6, 6.07) is 3.38. The SMILES string of the molecule is CCOc1cc(-c2noc(C)n2)cc(Br)c1O. The van der Waals surface area contributed by atoms with Gasteiger partial charge < -0.3 is 14.4 Å². The molecule has 0 saturated carbocycles. The van der Waals surface area contributed by atoms with E-state index in [2.05, 4.69) is 26.1 Å². The number of phenols is 1. The minimum atomic E-state index is 0.0656. The molecule has 0 amide bonds. The normalized spacial score (nSPS) is 10.5. The van der Waals surface area contributed by atoms with Crippen LogP contribution in [0.4, 0.5) is 0 Å². The predicted molar refractivity (Wildman–Crippen MR) is 65.0 cm³/mol. The van der Waals surface area contributed by atoms with Crippen molar-refractivity contribution >= 4 is 15.9 Å². The van der Waals surface area contributed by atoms with Gasteiger partial charge in [-0.1, -0.05) is 5.16 Å². The number of aryl methyl sites for hydroxylation is 1. The van der Waals surface area contributed by atoms with E-state index in [1.54, 1.807) is 19.1 Å². The number of hydrogen-bond donors (Lipinski definition) is 1. The highest BCUT2D eigenvalue weighted by Crippen LogP contribution is 2.38. The summed E-state index contributed by atoms with van der Waals surface area (Å²) in [5.41, 5.74) is 0.718. The molecule has 2 aromatic rings. The van der Waals surface area contributed by atoms with Crippen LogP contribution in [-0.4, -0.2) is 21.9 Å². The number of ether oxygens (including phenoxy) is 1. The first kappa shape index (κ1) is 11.9. The molecule has 0 aliphatic heterocycles. The Kier molecular flexibility index (Phi) is 3.33. The lowest BCUT2D eigenvalue weighted by Gasteiger charge is -2.08. The maximum absolute atomic E-state index is 9.77. The smallest absolute Gasteiger partial charge is 0.223 e. The maximum atomic E-state index is 9.77. The number of nitrogens with zero attached hydrogens (tertiary/aromatic N) is 2. The van der Waals surface area contributed by atoms with Crippen molar-refractivity contribution in [1.29, 1.82) is 0 Å². The first-order valence-corrected chi connectivity index (χ1v) is 5.87. The maximum Gasteiger partial charge on any atom is 0.223 e. The van der Waals surface area contributed by atoms with Crippen molar-refractivity contribution in [3.63, 3.8) is 0 Å². The van der Waals surface area contributed by atoms with E-state index in [1.807, 2.05) is 6.92 Å². The molecule has 6 heteroatoms. The summed E-state index contributed by atoms with van der Waals surface area (Å²) in [5.74, 6) is 1.40. The Morgan fingerprint density at radius 3 is 2.82 bits per heavy atom. The van der Waals surface area contributed by atoms with Crippen molar-refractivity contribution < 1.29 is 14.4 Å². The van der Waals surface area contributed by atoms with E-state index < -0.39 is 0 Å². The van der Waals surface area contributed by atoms with Crippen molar-refractivity contribution in [2.45, 2.75) is 13.8 Å². The molecule has 0 spiro atoms. The molecule has 0 radical (unpaired) electrons. The average Bonchev–Trinajstić information content (AvgIpc) is 2.71. The Hall–Kier alpha value is -1.56. The van der Waals surface area contributed by atoms with Gasteiger partial charge in [0.05, 0.1) is 11.1 Å². The van der Waals surface area contributed by atoms with Crippen molar-refractivity contribution in [2.75, 3.05) is 6.61 Å². The van der Waals surface area contributed by atoms with Crippen molar-refractivity contribution in [1.82, 2.24) is 10.1 Å². The van der Waals surface area contributed by atoms with Gasteiger partial charge in [-0.2, -0.15) is 4.98 Å². The monoisotopic (exact) mass is 298 g/mol. The minimum absolute atomic E-state index is 0.0656. The third kappa shape index (κ3) is 2.41. The highest BCUT2D eigenvalue weighted by atomic mass is 79.9. The molecule has 1 aromatic carbocycles. The zero-order valence-corrected chi connectivity index (χ0v) is 11.0. The fraction of sp³-hybridized carbons (Fsp3) is 0.273. The number of aromatic nitrogens is 2. The standard InChI is InChI=1S/C11H11BrN2O3/c1-3-16-9-5-7(4-8(12)10(9)15)11-13-6(2)17-14-11/h4-5,15H,3H2,1-2H3. The Morgan fingerprint density at radius 2 is 2.24 bits per heavy atom. The van der Waals surface area contributed by atoms with Gasteiger partial charge in [-0.3, -0.25) is 0 Å². The molecule has 0 bridgehead atoms. The van der Waals surface area contributed by atoms with E-state index in [-0.39, 0.29) is 5.75 Å². The number of phenolic OH excluding ortho intramolecular Hbond substituents is 1. The molecule has 5 nitrogen and oxygen atoms in total. The van der Waals surface area contributed by atoms with E-state index in [0.29, 0.717) is 28.5 Å². The number of hydrogen-bond acceptors (Lipinski definition) is 5. The first-order valence-electron chi connectivity index (χ1n) is 5.07. The van der Waals surface area contributed by atoms with E-state index in [9.17, 15) is 5.11 Å². The molecule has 90 valence electrons. The molecule has 1 heterocycles. The van der Waals surface area contributed by atoms with Crippen LogP contribution in [0.15, 0.2) is 21.1 Å². The van der Waals surface area contributed by atoms with Gasteiger partial charge in [-0.15, -0.1) is 0 Å². The molecule has 0 fully saturated rings. The fourth-order valence-corrected chi connectivity index (χ4v) is 1.83. The highest BCUT2D eigenvalue weighted by Gasteiger charge is 2.13. The fourth-order valence-electron chi connectivity index (χ4n) is 1.38. The molecule has 0 aliphatic carbocycles. The summed E-state index contributed by atoms with van der Waals surface area (Å²) in [7, 11) is 0. The van der Waals surface area contributed by atoms with Crippen LogP contribution in [0.1, 0.15) is 12.8 Å². The molecule has 0 atom stereocenters. The first-order chi connectivity index (χ1) is 8.11. The Morgan fingerprint density at radius 1 is 1.47 bits per heavy atom. The summed E-state index contributed by atoms with van der Waals surface area (Å²) in [5, 5.41) is 13.6. The van der Waals surface area contributed by atoms with Gasteiger partial charge >= 0.3 is 0 Å². The topological polar surface area (TPSA) is 68.4 Å². The molecule has 17 heavy (non-hydrogen) atoms. The summed E-state index contributed by atoms with van der Waals surface area (Å²) in [4.78, 5) is 4.12. The third-order valence-electron chi connectivity index (χ3n) is 2.11. The lowest BCUT2D eigenvalue weighted by Crippen LogP contribution is -1.93. The Balaban J connectivity index is 2.48. The summed E-state index contributed by atoms with van der Waals surface area (Å²) < 4.78 is 10.8. The summed E-state index contributed by atoms with van der Waals surface area (Å²) in [6.07, 6.45) is 0. The van der Waals surface area contributed by atoms with E-state index in [1.165, 1.54) is 0 Å². The van der Waals surface area contributed by atoms with Gasteiger partial charge in [-0.05, 0) is 35.0 Å². The molecule has 2 rings (SSSR count). The number of halogens is 1. The molecule has 0 aliphatic rings. The summed E-state index contributed by atoms with van der Waals surface area (Å²) >= 11 is 3.25. The van der Waals surface area contributed by atoms with Crippen molar-refractivity contribution in [3.05, 3.63) is 22.5 Å². The second-order valence-corrected chi connectivity index (χ2v) is 4.23. The molecule has 0 unspecified atom stereocenters. The number of benzene rings is 1. The zero-order valence-electron chi connectivity index (χ0n) is 9.40. The van der Waals surface area contributed by atoms with E-state index in [4.69, 9.17) is 9.26 Å². The van der Waals surface area contributed by atoms with Gasteiger partial charge in [0.2, 0.25) is 11.7 Å². The lowest BCUT2D eigenvalue weighted by molar-refractivity contribution is 0.317. The van der Waals surface area contributed by atoms with Crippen LogP contribution in [0.3, 0.4) is 0 Å².